The van der Waals surface area contributed by atoms with Gasteiger partial charge in [0.15, 0.2) is 5.58 Å². The molecule has 0 saturated carbocycles. The highest BCUT2D eigenvalue weighted by molar-refractivity contribution is 6.01. The molecule has 86 valence electrons. The molecule has 2 heterocycles. The van der Waals surface area contributed by atoms with Gasteiger partial charge in [-0.1, -0.05) is 32.9 Å². The Bertz CT molecular complexity index is 692. The molecule has 2 aromatic heterocycles. The minimum absolute atomic E-state index is 0.0490. The standard InChI is InChI=1S/C14H14N2O/c1-14(2,3)13-15-8-11-12(16-13)9-6-4-5-7-10(9)17-11/h4-8H,1-3H3. The maximum absolute atomic E-state index is 5.70. The number of furan rings is 1. The summed E-state index contributed by atoms with van der Waals surface area (Å²) in [5, 5.41) is 1.05. The lowest BCUT2D eigenvalue weighted by Gasteiger charge is -2.15. The highest BCUT2D eigenvalue weighted by Gasteiger charge is 2.19. The van der Waals surface area contributed by atoms with Gasteiger partial charge >= 0.3 is 0 Å². The first kappa shape index (κ1) is 10.3. The maximum Gasteiger partial charge on any atom is 0.172 e. The van der Waals surface area contributed by atoms with E-state index < -0.39 is 0 Å². The molecule has 3 rings (SSSR count). The van der Waals surface area contributed by atoms with Crippen LogP contribution in [0.25, 0.3) is 22.1 Å². The molecule has 3 aromatic rings. The van der Waals surface area contributed by atoms with Gasteiger partial charge in [-0.2, -0.15) is 0 Å². The summed E-state index contributed by atoms with van der Waals surface area (Å²) in [6.45, 7) is 6.32. The second-order valence-corrected chi connectivity index (χ2v) is 5.25. The Kier molecular flexibility index (Phi) is 1.99. The van der Waals surface area contributed by atoms with Crippen LogP contribution in [0.4, 0.5) is 0 Å². The van der Waals surface area contributed by atoms with Gasteiger partial charge in [0.1, 0.15) is 16.9 Å². The Hall–Kier alpha value is -1.90. The molecule has 0 aliphatic heterocycles. The van der Waals surface area contributed by atoms with Gasteiger partial charge < -0.3 is 4.42 Å². The van der Waals surface area contributed by atoms with Crippen molar-refractivity contribution in [3.8, 4) is 0 Å². The van der Waals surface area contributed by atoms with Crippen LogP contribution in [-0.2, 0) is 5.41 Å². The second-order valence-electron chi connectivity index (χ2n) is 5.25. The fourth-order valence-corrected chi connectivity index (χ4v) is 1.87. The van der Waals surface area contributed by atoms with Crippen LogP contribution in [0.5, 0.6) is 0 Å². The number of para-hydroxylation sites is 1. The first-order chi connectivity index (χ1) is 8.05. The van der Waals surface area contributed by atoms with Gasteiger partial charge in [-0.15, -0.1) is 0 Å². The molecule has 0 N–H and O–H groups in total. The van der Waals surface area contributed by atoms with E-state index in [9.17, 15) is 0 Å². The monoisotopic (exact) mass is 226 g/mol. The van der Waals surface area contributed by atoms with E-state index in [0.29, 0.717) is 0 Å². The molecule has 0 radical (unpaired) electrons. The summed E-state index contributed by atoms with van der Waals surface area (Å²) in [5.41, 5.74) is 2.47. The van der Waals surface area contributed by atoms with Crippen LogP contribution in [0.2, 0.25) is 0 Å². The van der Waals surface area contributed by atoms with Crippen LogP contribution in [-0.4, -0.2) is 9.97 Å². The van der Waals surface area contributed by atoms with E-state index in [0.717, 1.165) is 27.9 Å². The molecule has 3 heteroatoms. The molecule has 0 aliphatic carbocycles. The third-order valence-electron chi connectivity index (χ3n) is 2.79. The molecule has 0 amide bonds. The van der Waals surface area contributed by atoms with Gasteiger partial charge in [-0.05, 0) is 12.1 Å². The number of rotatable bonds is 0. The Labute approximate surface area is 99.5 Å². The molecular weight excluding hydrogens is 212 g/mol. The van der Waals surface area contributed by atoms with E-state index in [1.165, 1.54) is 0 Å². The zero-order chi connectivity index (χ0) is 12.0. The topological polar surface area (TPSA) is 38.9 Å². The minimum atomic E-state index is -0.0490. The van der Waals surface area contributed by atoms with E-state index in [-0.39, 0.29) is 5.41 Å². The van der Waals surface area contributed by atoms with Crippen molar-refractivity contribution in [1.82, 2.24) is 9.97 Å². The predicted molar refractivity (Wildman–Crippen MR) is 68.0 cm³/mol. The van der Waals surface area contributed by atoms with Gasteiger partial charge in [0.25, 0.3) is 0 Å². The first-order valence-electron chi connectivity index (χ1n) is 5.70. The molecule has 3 nitrogen and oxygen atoms in total. The predicted octanol–water partition coefficient (Wildman–Crippen LogP) is 3.67. The number of hydrogen-bond acceptors (Lipinski definition) is 3. The molecule has 1 aromatic carbocycles. The molecule has 0 spiro atoms. The second kappa shape index (κ2) is 3.29. The van der Waals surface area contributed by atoms with Crippen LogP contribution in [0.3, 0.4) is 0 Å². The van der Waals surface area contributed by atoms with E-state index >= 15 is 0 Å². The SMILES string of the molecule is CC(C)(C)c1ncc2oc3ccccc3c2n1. The van der Waals surface area contributed by atoms with Crippen molar-refractivity contribution >= 4 is 22.1 Å². The smallest absolute Gasteiger partial charge is 0.172 e. The third-order valence-corrected chi connectivity index (χ3v) is 2.79. The van der Waals surface area contributed by atoms with Crippen LogP contribution in [0.1, 0.15) is 26.6 Å². The normalized spacial score (nSPS) is 12.4. The summed E-state index contributed by atoms with van der Waals surface area (Å²) < 4.78 is 5.70. The van der Waals surface area contributed by atoms with Crippen molar-refractivity contribution in [3.05, 3.63) is 36.3 Å². The van der Waals surface area contributed by atoms with Gasteiger partial charge in [-0.25, -0.2) is 9.97 Å². The third kappa shape index (κ3) is 1.58. The summed E-state index contributed by atoms with van der Waals surface area (Å²) in [6.07, 6.45) is 1.77. The zero-order valence-corrected chi connectivity index (χ0v) is 10.2. The Balaban J connectivity index is 2.38. The number of aromatic nitrogens is 2. The average Bonchev–Trinajstić information content (AvgIpc) is 2.65. The fraction of sp³-hybridized carbons (Fsp3) is 0.286. The van der Waals surface area contributed by atoms with E-state index in [1.807, 2.05) is 24.3 Å². The average molecular weight is 226 g/mol. The largest absolute Gasteiger partial charge is 0.453 e. The summed E-state index contributed by atoms with van der Waals surface area (Å²) >= 11 is 0. The lowest BCUT2D eigenvalue weighted by atomic mass is 9.96. The van der Waals surface area contributed by atoms with E-state index in [4.69, 9.17) is 4.42 Å². The summed E-state index contributed by atoms with van der Waals surface area (Å²) in [7, 11) is 0. The lowest BCUT2D eigenvalue weighted by Crippen LogP contribution is -2.15. The van der Waals surface area contributed by atoms with Crippen molar-refractivity contribution < 1.29 is 4.42 Å². The van der Waals surface area contributed by atoms with Crippen molar-refractivity contribution in [1.29, 1.82) is 0 Å². The van der Waals surface area contributed by atoms with Crippen LogP contribution in [0.15, 0.2) is 34.9 Å². The van der Waals surface area contributed by atoms with Crippen molar-refractivity contribution in [2.75, 3.05) is 0 Å². The van der Waals surface area contributed by atoms with Crippen molar-refractivity contribution in [3.63, 3.8) is 0 Å². The van der Waals surface area contributed by atoms with Crippen LogP contribution in [0, 0.1) is 0 Å². The Morgan fingerprint density at radius 2 is 1.82 bits per heavy atom. The number of fused-ring (bicyclic) bond motifs is 3. The number of hydrogen-bond donors (Lipinski definition) is 0. The molecular formula is C14H14N2O. The molecule has 0 bridgehead atoms. The number of benzene rings is 1. The lowest BCUT2D eigenvalue weighted by molar-refractivity contribution is 0.546. The molecule has 0 unspecified atom stereocenters. The van der Waals surface area contributed by atoms with Crippen LogP contribution < -0.4 is 0 Å². The first-order valence-corrected chi connectivity index (χ1v) is 5.70. The summed E-state index contributed by atoms with van der Waals surface area (Å²) in [4.78, 5) is 9.00. The molecule has 17 heavy (non-hydrogen) atoms. The Morgan fingerprint density at radius 1 is 1.06 bits per heavy atom. The summed E-state index contributed by atoms with van der Waals surface area (Å²) in [5.74, 6) is 0.844. The van der Waals surface area contributed by atoms with Crippen molar-refractivity contribution in [2.24, 2.45) is 0 Å². The molecule has 0 fully saturated rings. The highest BCUT2D eigenvalue weighted by Crippen LogP contribution is 2.28. The highest BCUT2D eigenvalue weighted by atomic mass is 16.3. The van der Waals surface area contributed by atoms with E-state index in [1.54, 1.807) is 6.20 Å². The maximum atomic E-state index is 5.70. The number of nitrogens with zero attached hydrogens (tertiary/aromatic N) is 2. The van der Waals surface area contributed by atoms with Gasteiger partial charge in [0.2, 0.25) is 0 Å². The summed E-state index contributed by atoms with van der Waals surface area (Å²) in [6, 6.07) is 7.94. The Morgan fingerprint density at radius 3 is 2.59 bits per heavy atom. The molecule has 0 aliphatic rings. The minimum Gasteiger partial charge on any atom is -0.453 e. The molecule has 0 atom stereocenters. The quantitative estimate of drug-likeness (QED) is 0.587. The van der Waals surface area contributed by atoms with Crippen LogP contribution >= 0.6 is 0 Å². The van der Waals surface area contributed by atoms with Gasteiger partial charge in [0, 0.05) is 10.8 Å². The fourth-order valence-electron chi connectivity index (χ4n) is 1.87. The van der Waals surface area contributed by atoms with Gasteiger partial charge in [0.05, 0.1) is 6.20 Å². The molecule has 0 saturated heterocycles. The zero-order valence-electron chi connectivity index (χ0n) is 10.2. The van der Waals surface area contributed by atoms with Crippen molar-refractivity contribution in [2.45, 2.75) is 26.2 Å². The van der Waals surface area contributed by atoms with Gasteiger partial charge in [-0.3, -0.25) is 0 Å². The van der Waals surface area contributed by atoms with E-state index in [2.05, 4.69) is 30.7 Å².